The molecule has 9 heteroatoms. The van der Waals surface area contributed by atoms with Gasteiger partial charge in [-0.3, -0.25) is 4.79 Å². The van der Waals surface area contributed by atoms with Gasteiger partial charge in [-0.15, -0.1) is 11.3 Å². The molecule has 0 aliphatic heterocycles. The summed E-state index contributed by atoms with van der Waals surface area (Å²) in [5, 5.41) is 13.5. The van der Waals surface area contributed by atoms with E-state index in [1.165, 1.54) is 44.8 Å². The summed E-state index contributed by atoms with van der Waals surface area (Å²) in [6.45, 7) is -0.515. The number of carbonyl (C=O) groups is 2. The second-order valence-corrected chi connectivity index (χ2v) is 5.72. The van der Waals surface area contributed by atoms with Gasteiger partial charge in [0.1, 0.15) is 22.4 Å². The first-order chi connectivity index (χ1) is 12.5. The molecule has 136 valence electrons. The van der Waals surface area contributed by atoms with Crippen molar-refractivity contribution in [3.63, 3.8) is 0 Å². The zero-order valence-corrected chi connectivity index (χ0v) is 15.1. The summed E-state index contributed by atoms with van der Waals surface area (Å²) in [7, 11) is 4.28. The van der Waals surface area contributed by atoms with Crippen molar-refractivity contribution in [3.05, 3.63) is 34.7 Å². The van der Waals surface area contributed by atoms with Gasteiger partial charge < -0.3 is 24.3 Å². The quantitative estimate of drug-likeness (QED) is 0.740. The molecular weight excluding hydrogens is 360 g/mol. The Balaban J connectivity index is 2.07. The van der Waals surface area contributed by atoms with Crippen LogP contribution in [0.5, 0.6) is 17.2 Å². The monoisotopic (exact) mass is 376 g/mol. The van der Waals surface area contributed by atoms with Crippen molar-refractivity contribution in [1.29, 1.82) is 5.26 Å². The Kier molecular flexibility index (Phi) is 6.41. The topological polar surface area (TPSA) is 107 Å². The zero-order chi connectivity index (χ0) is 19.1. The van der Waals surface area contributed by atoms with Crippen LogP contribution in [-0.2, 0) is 9.53 Å². The number of rotatable bonds is 7. The van der Waals surface area contributed by atoms with Gasteiger partial charge in [-0.25, -0.2) is 4.79 Å². The zero-order valence-electron chi connectivity index (χ0n) is 14.3. The van der Waals surface area contributed by atoms with E-state index in [0.717, 1.165) is 0 Å². The van der Waals surface area contributed by atoms with Crippen LogP contribution in [0.25, 0.3) is 0 Å². The van der Waals surface area contributed by atoms with E-state index in [0.29, 0.717) is 22.1 Å². The number of ether oxygens (including phenoxy) is 4. The average molecular weight is 376 g/mol. The Hall–Kier alpha value is -3.25. The van der Waals surface area contributed by atoms with Crippen LogP contribution in [0.4, 0.5) is 5.00 Å². The van der Waals surface area contributed by atoms with Crippen molar-refractivity contribution in [3.8, 4) is 23.3 Å². The first kappa shape index (κ1) is 19.1. The lowest BCUT2D eigenvalue weighted by molar-refractivity contribution is -0.119. The third-order valence-electron chi connectivity index (χ3n) is 3.30. The maximum Gasteiger partial charge on any atom is 0.342 e. The van der Waals surface area contributed by atoms with Gasteiger partial charge in [-0.1, -0.05) is 0 Å². The van der Waals surface area contributed by atoms with E-state index in [2.05, 4.69) is 5.32 Å². The first-order valence-corrected chi connectivity index (χ1v) is 8.16. The number of thiophene rings is 1. The molecule has 0 radical (unpaired) electrons. The van der Waals surface area contributed by atoms with Crippen LogP contribution in [-0.4, -0.2) is 39.8 Å². The van der Waals surface area contributed by atoms with Crippen LogP contribution in [0.15, 0.2) is 23.6 Å². The minimum absolute atomic E-state index is 0.0896. The van der Waals surface area contributed by atoms with E-state index < -0.39 is 18.5 Å². The summed E-state index contributed by atoms with van der Waals surface area (Å²) in [6, 6.07) is 6.43. The summed E-state index contributed by atoms with van der Waals surface area (Å²) in [4.78, 5) is 24.2. The second kappa shape index (κ2) is 8.73. The van der Waals surface area contributed by atoms with Crippen molar-refractivity contribution in [2.45, 2.75) is 0 Å². The fourth-order valence-electron chi connectivity index (χ4n) is 2.05. The molecule has 2 aromatic rings. The predicted octanol–water partition coefficient (Wildman–Crippen LogP) is 2.44. The number of nitrogens with zero attached hydrogens (tertiary/aromatic N) is 1. The molecule has 1 N–H and O–H groups in total. The molecule has 1 aromatic carbocycles. The maximum atomic E-state index is 12.3. The van der Waals surface area contributed by atoms with Gasteiger partial charge in [-0.05, 0) is 11.4 Å². The Morgan fingerprint density at radius 1 is 1.12 bits per heavy atom. The van der Waals surface area contributed by atoms with Crippen molar-refractivity contribution >= 4 is 28.2 Å². The van der Waals surface area contributed by atoms with Gasteiger partial charge in [0, 0.05) is 12.1 Å². The molecule has 0 aliphatic rings. The lowest BCUT2D eigenvalue weighted by Crippen LogP contribution is -2.21. The van der Waals surface area contributed by atoms with E-state index in [4.69, 9.17) is 24.2 Å². The van der Waals surface area contributed by atoms with Crippen LogP contribution in [0.2, 0.25) is 0 Å². The fourth-order valence-corrected chi connectivity index (χ4v) is 2.81. The van der Waals surface area contributed by atoms with Crippen molar-refractivity contribution in [1.82, 2.24) is 0 Å². The summed E-state index contributed by atoms with van der Waals surface area (Å²) in [5.74, 6) is -0.387. The number of methoxy groups -OCH3 is 3. The lowest BCUT2D eigenvalue weighted by Gasteiger charge is -2.13. The molecule has 0 saturated heterocycles. The minimum atomic E-state index is -0.760. The average Bonchev–Trinajstić information content (AvgIpc) is 3.11. The molecule has 1 aromatic heterocycles. The van der Waals surface area contributed by atoms with E-state index >= 15 is 0 Å². The standard InChI is InChI=1S/C17H16N2O6S/c1-22-12-7-14(24-3)13(23-2)6-11(12)17(21)25-9-15(20)19-16-10(8-18)4-5-26-16/h4-7H,9H2,1-3H3,(H,19,20). The van der Waals surface area contributed by atoms with E-state index in [9.17, 15) is 9.59 Å². The summed E-state index contributed by atoms with van der Waals surface area (Å²) >= 11 is 1.20. The Morgan fingerprint density at radius 3 is 2.38 bits per heavy atom. The number of nitriles is 1. The molecule has 0 fully saturated rings. The molecule has 0 saturated carbocycles. The van der Waals surface area contributed by atoms with Gasteiger partial charge in [0.05, 0.1) is 26.9 Å². The Morgan fingerprint density at radius 2 is 1.77 bits per heavy atom. The summed E-state index contributed by atoms with van der Waals surface area (Å²) < 4.78 is 20.5. The third kappa shape index (κ3) is 4.23. The first-order valence-electron chi connectivity index (χ1n) is 7.28. The molecule has 2 rings (SSSR count). The smallest absolute Gasteiger partial charge is 0.342 e. The van der Waals surface area contributed by atoms with Gasteiger partial charge in [0.2, 0.25) is 0 Å². The number of esters is 1. The number of hydrogen-bond donors (Lipinski definition) is 1. The molecule has 0 atom stereocenters. The highest BCUT2D eigenvalue weighted by Crippen LogP contribution is 2.34. The van der Waals surface area contributed by atoms with Crippen molar-refractivity contribution in [2.24, 2.45) is 0 Å². The largest absolute Gasteiger partial charge is 0.496 e. The molecular formula is C17H16N2O6S. The van der Waals surface area contributed by atoms with Gasteiger partial charge in [-0.2, -0.15) is 5.26 Å². The second-order valence-electron chi connectivity index (χ2n) is 4.81. The molecule has 1 heterocycles. The Labute approximate surface area is 153 Å². The SMILES string of the molecule is COc1cc(OC)c(C(=O)OCC(=O)Nc2sccc2C#N)cc1OC. The normalized spacial score (nSPS) is 9.77. The number of hydrogen-bond acceptors (Lipinski definition) is 8. The molecule has 0 bridgehead atoms. The molecule has 26 heavy (non-hydrogen) atoms. The van der Waals surface area contributed by atoms with Gasteiger partial charge >= 0.3 is 5.97 Å². The van der Waals surface area contributed by atoms with Crippen LogP contribution in [0, 0.1) is 11.3 Å². The van der Waals surface area contributed by atoms with E-state index in [1.54, 1.807) is 11.4 Å². The molecule has 8 nitrogen and oxygen atoms in total. The summed E-state index contributed by atoms with van der Waals surface area (Å²) in [6.07, 6.45) is 0. The number of nitrogens with one attached hydrogen (secondary N) is 1. The number of benzene rings is 1. The minimum Gasteiger partial charge on any atom is -0.496 e. The molecule has 0 spiro atoms. The van der Waals surface area contributed by atoms with E-state index in [-0.39, 0.29) is 11.3 Å². The molecule has 0 unspecified atom stereocenters. The molecule has 0 aliphatic carbocycles. The highest BCUT2D eigenvalue weighted by molar-refractivity contribution is 7.14. The van der Waals surface area contributed by atoms with E-state index in [1.807, 2.05) is 6.07 Å². The number of amides is 1. The number of anilines is 1. The Bertz CT molecular complexity index is 855. The summed E-state index contributed by atoms with van der Waals surface area (Å²) in [5.41, 5.74) is 0.433. The lowest BCUT2D eigenvalue weighted by atomic mass is 10.1. The fraction of sp³-hybridized carbons (Fsp3) is 0.235. The van der Waals surface area contributed by atoms with Gasteiger partial charge in [0.25, 0.3) is 5.91 Å². The van der Waals surface area contributed by atoms with Crippen molar-refractivity contribution < 1.29 is 28.5 Å². The van der Waals surface area contributed by atoms with Crippen LogP contribution < -0.4 is 19.5 Å². The van der Waals surface area contributed by atoms with Crippen molar-refractivity contribution in [2.75, 3.05) is 33.3 Å². The van der Waals surface area contributed by atoms with Crippen LogP contribution in [0.3, 0.4) is 0 Å². The predicted molar refractivity (Wildman–Crippen MR) is 94.0 cm³/mol. The third-order valence-corrected chi connectivity index (χ3v) is 4.13. The number of carbonyl (C=O) groups excluding carboxylic acids is 2. The van der Waals surface area contributed by atoms with Crippen LogP contribution >= 0.6 is 11.3 Å². The maximum absolute atomic E-state index is 12.3. The highest BCUT2D eigenvalue weighted by atomic mass is 32.1. The highest BCUT2D eigenvalue weighted by Gasteiger charge is 2.20. The van der Waals surface area contributed by atoms with Crippen LogP contribution in [0.1, 0.15) is 15.9 Å². The molecule has 1 amide bonds. The van der Waals surface area contributed by atoms with Gasteiger partial charge in [0.15, 0.2) is 18.1 Å².